The Bertz CT molecular complexity index is 790. The fourth-order valence-electron chi connectivity index (χ4n) is 3.60. The third kappa shape index (κ3) is 4.06. The molecule has 1 atom stereocenters. The first kappa shape index (κ1) is 17.8. The van der Waals surface area contributed by atoms with E-state index in [0.717, 1.165) is 17.0 Å². The van der Waals surface area contributed by atoms with Crippen molar-refractivity contribution in [1.29, 1.82) is 0 Å². The van der Waals surface area contributed by atoms with Crippen LogP contribution in [0.3, 0.4) is 0 Å². The number of morpholine rings is 1. The van der Waals surface area contributed by atoms with Crippen molar-refractivity contribution in [3.63, 3.8) is 0 Å². The molecular formula is C21H23FN2O3. The van der Waals surface area contributed by atoms with Gasteiger partial charge in [0.05, 0.1) is 31.4 Å². The Labute approximate surface area is 158 Å². The van der Waals surface area contributed by atoms with Crippen molar-refractivity contribution in [2.75, 3.05) is 37.8 Å². The van der Waals surface area contributed by atoms with Gasteiger partial charge in [0.15, 0.2) is 0 Å². The number of carbonyl (C=O) groups excluding carboxylic acids is 1. The largest absolute Gasteiger partial charge is 0.489 e. The second-order valence-electron chi connectivity index (χ2n) is 6.88. The van der Waals surface area contributed by atoms with Gasteiger partial charge in [-0.05, 0) is 29.8 Å². The van der Waals surface area contributed by atoms with Gasteiger partial charge in [-0.25, -0.2) is 4.39 Å². The molecular weight excluding hydrogens is 347 g/mol. The summed E-state index contributed by atoms with van der Waals surface area (Å²) in [4.78, 5) is 16.8. The number of para-hydroxylation sites is 2. The molecule has 2 aliphatic heterocycles. The van der Waals surface area contributed by atoms with E-state index in [0.29, 0.717) is 45.9 Å². The van der Waals surface area contributed by atoms with Crippen LogP contribution in [0.1, 0.15) is 12.0 Å². The maximum absolute atomic E-state index is 13.3. The summed E-state index contributed by atoms with van der Waals surface area (Å²) < 4.78 is 24.5. The Morgan fingerprint density at radius 1 is 1.07 bits per heavy atom. The van der Waals surface area contributed by atoms with E-state index in [9.17, 15) is 9.18 Å². The van der Waals surface area contributed by atoms with Gasteiger partial charge in [-0.2, -0.15) is 0 Å². The van der Waals surface area contributed by atoms with Crippen LogP contribution < -0.4 is 9.64 Å². The topological polar surface area (TPSA) is 42.0 Å². The number of halogens is 1. The molecule has 0 saturated carbocycles. The highest BCUT2D eigenvalue weighted by molar-refractivity contribution is 5.78. The highest BCUT2D eigenvalue weighted by atomic mass is 19.1. The lowest BCUT2D eigenvalue weighted by molar-refractivity contribution is -0.135. The molecule has 2 aliphatic rings. The molecule has 0 aromatic heterocycles. The molecule has 4 rings (SSSR count). The summed E-state index contributed by atoms with van der Waals surface area (Å²) in [6, 6.07) is 14.3. The number of rotatable bonds is 4. The average Bonchev–Trinajstić information content (AvgIpc) is 2.72. The van der Waals surface area contributed by atoms with Gasteiger partial charge in [-0.1, -0.05) is 24.3 Å². The number of benzene rings is 2. The molecule has 2 aromatic carbocycles. The second-order valence-corrected chi connectivity index (χ2v) is 6.88. The third-order valence-electron chi connectivity index (χ3n) is 5.09. The molecule has 2 heterocycles. The predicted molar refractivity (Wildman–Crippen MR) is 100 cm³/mol. The van der Waals surface area contributed by atoms with Gasteiger partial charge in [-0.3, -0.25) is 4.79 Å². The summed E-state index contributed by atoms with van der Waals surface area (Å²) in [5.74, 6) is 0.685. The van der Waals surface area contributed by atoms with Crippen LogP contribution in [-0.4, -0.2) is 49.8 Å². The molecule has 2 aromatic rings. The maximum Gasteiger partial charge on any atom is 0.224 e. The van der Waals surface area contributed by atoms with Crippen molar-refractivity contribution in [3.8, 4) is 5.75 Å². The quantitative estimate of drug-likeness (QED) is 0.830. The van der Waals surface area contributed by atoms with E-state index in [-0.39, 0.29) is 17.8 Å². The summed E-state index contributed by atoms with van der Waals surface area (Å²) in [5.41, 5.74) is 1.96. The fraction of sp³-hybridized carbons (Fsp3) is 0.381. The minimum absolute atomic E-state index is 0.0692. The first-order valence-corrected chi connectivity index (χ1v) is 9.29. The normalized spacial score (nSPS) is 19.4. The summed E-state index contributed by atoms with van der Waals surface area (Å²) in [6.07, 6.45) is 0.384. The zero-order valence-corrected chi connectivity index (χ0v) is 15.1. The van der Waals surface area contributed by atoms with Crippen LogP contribution in [0.25, 0.3) is 0 Å². The monoisotopic (exact) mass is 370 g/mol. The lowest BCUT2D eigenvalue weighted by Gasteiger charge is -2.39. The van der Waals surface area contributed by atoms with Gasteiger partial charge in [0.1, 0.15) is 18.2 Å². The van der Waals surface area contributed by atoms with Crippen molar-refractivity contribution in [2.45, 2.75) is 19.0 Å². The van der Waals surface area contributed by atoms with Gasteiger partial charge in [0.2, 0.25) is 5.91 Å². The lowest BCUT2D eigenvalue weighted by Crippen LogP contribution is -2.48. The first-order chi connectivity index (χ1) is 13.2. The summed E-state index contributed by atoms with van der Waals surface area (Å²) >= 11 is 0. The van der Waals surface area contributed by atoms with Crippen LogP contribution >= 0.6 is 0 Å². The number of hydrogen-bond donors (Lipinski definition) is 0. The van der Waals surface area contributed by atoms with Crippen molar-refractivity contribution >= 4 is 11.6 Å². The summed E-state index contributed by atoms with van der Waals surface area (Å²) in [6.45, 7) is 3.52. The van der Waals surface area contributed by atoms with Gasteiger partial charge in [-0.15, -0.1) is 0 Å². The van der Waals surface area contributed by atoms with Gasteiger partial charge in [0.25, 0.3) is 0 Å². The zero-order valence-electron chi connectivity index (χ0n) is 15.1. The van der Waals surface area contributed by atoms with Gasteiger partial charge in [0, 0.05) is 19.6 Å². The Morgan fingerprint density at radius 3 is 2.59 bits per heavy atom. The van der Waals surface area contributed by atoms with E-state index in [1.165, 1.54) is 12.1 Å². The van der Waals surface area contributed by atoms with E-state index >= 15 is 0 Å². The third-order valence-corrected chi connectivity index (χ3v) is 5.09. The van der Waals surface area contributed by atoms with E-state index in [2.05, 4.69) is 4.90 Å². The van der Waals surface area contributed by atoms with Crippen molar-refractivity contribution in [3.05, 3.63) is 59.9 Å². The molecule has 1 saturated heterocycles. The van der Waals surface area contributed by atoms with Crippen LogP contribution in [0.5, 0.6) is 5.75 Å². The molecule has 27 heavy (non-hydrogen) atoms. The van der Waals surface area contributed by atoms with Crippen molar-refractivity contribution < 1.29 is 18.7 Å². The lowest BCUT2D eigenvalue weighted by atomic mass is 10.1. The minimum atomic E-state index is -0.250. The number of anilines is 1. The molecule has 6 heteroatoms. The van der Waals surface area contributed by atoms with Crippen LogP contribution in [0, 0.1) is 5.82 Å². The SMILES string of the molecule is O=C(CC1COc2ccccc2N1Cc1ccc(F)cc1)N1CCOCC1. The zero-order chi connectivity index (χ0) is 18.6. The molecule has 0 bridgehead atoms. The highest BCUT2D eigenvalue weighted by Crippen LogP contribution is 2.35. The molecule has 142 valence electrons. The molecule has 0 N–H and O–H groups in total. The van der Waals surface area contributed by atoms with E-state index < -0.39 is 0 Å². The standard InChI is InChI=1S/C21H23FN2O3/c22-17-7-5-16(6-8-17)14-24-18(13-21(25)23-9-11-26-12-10-23)15-27-20-4-2-1-3-19(20)24/h1-8,18H,9-15H2. The Hall–Kier alpha value is -2.60. The number of carbonyl (C=O) groups is 1. The Kier molecular flexibility index (Phi) is 5.25. The number of amides is 1. The number of nitrogens with zero attached hydrogens (tertiary/aromatic N) is 2. The highest BCUT2D eigenvalue weighted by Gasteiger charge is 2.31. The smallest absolute Gasteiger partial charge is 0.224 e. The van der Waals surface area contributed by atoms with E-state index in [1.54, 1.807) is 12.1 Å². The van der Waals surface area contributed by atoms with E-state index in [1.807, 2.05) is 29.2 Å². The summed E-state index contributed by atoms with van der Waals surface area (Å²) in [7, 11) is 0. The van der Waals surface area contributed by atoms with Gasteiger partial charge < -0.3 is 19.3 Å². The van der Waals surface area contributed by atoms with Crippen molar-refractivity contribution in [2.24, 2.45) is 0 Å². The number of hydrogen-bond acceptors (Lipinski definition) is 4. The minimum Gasteiger partial charge on any atom is -0.489 e. The predicted octanol–water partition coefficient (Wildman–Crippen LogP) is 2.84. The number of fused-ring (bicyclic) bond motifs is 1. The average molecular weight is 370 g/mol. The molecule has 5 nitrogen and oxygen atoms in total. The fourth-order valence-corrected chi connectivity index (χ4v) is 3.60. The van der Waals surface area contributed by atoms with Crippen LogP contribution in [0.2, 0.25) is 0 Å². The molecule has 1 fully saturated rings. The first-order valence-electron chi connectivity index (χ1n) is 9.29. The Morgan fingerprint density at radius 2 is 1.81 bits per heavy atom. The van der Waals surface area contributed by atoms with Crippen LogP contribution in [-0.2, 0) is 16.1 Å². The Balaban J connectivity index is 1.55. The number of ether oxygens (including phenoxy) is 2. The molecule has 0 radical (unpaired) electrons. The van der Waals surface area contributed by atoms with Crippen LogP contribution in [0.4, 0.5) is 10.1 Å². The summed E-state index contributed by atoms with van der Waals surface area (Å²) in [5, 5.41) is 0. The van der Waals surface area contributed by atoms with E-state index in [4.69, 9.17) is 9.47 Å². The second kappa shape index (κ2) is 7.96. The van der Waals surface area contributed by atoms with Crippen LogP contribution in [0.15, 0.2) is 48.5 Å². The molecule has 1 unspecified atom stereocenters. The van der Waals surface area contributed by atoms with Crippen molar-refractivity contribution in [1.82, 2.24) is 4.90 Å². The molecule has 0 aliphatic carbocycles. The van der Waals surface area contributed by atoms with Gasteiger partial charge >= 0.3 is 0 Å². The molecule has 0 spiro atoms. The molecule has 1 amide bonds. The maximum atomic E-state index is 13.3.